The third kappa shape index (κ3) is 5.05. The van der Waals surface area contributed by atoms with Crippen molar-refractivity contribution in [1.29, 1.82) is 0 Å². The van der Waals surface area contributed by atoms with Crippen LogP contribution in [-0.4, -0.2) is 82.7 Å². The molecule has 0 radical (unpaired) electrons. The van der Waals surface area contributed by atoms with Crippen LogP contribution in [0.25, 0.3) is 0 Å². The summed E-state index contributed by atoms with van der Waals surface area (Å²) < 4.78 is 18.1. The fourth-order valence-corrected chi connectivity index (χ4v) is 4.44. The second kappa shape index (κ2) is 9.24. The SMILES string of the molecule is CCCC(C(=O)O)[N+]1=CN(CCC[Si](OC)(OC)OC)CC1. The topological polar surface area (TPSA) is 71.2 Å². The maximum Gasteiger partial charge on any atom is 0.500 e. The molecule has 0 amide bonds. The second-order valence-electron chi connectivity index (χ2n) is 5.43. The molecule has 0 saturated heterocycles. The van der Waals surface area contributed by atoms with Gasteiger partial charge in [0.2, 0.25) is 6.34 Å². The number of aliphatic carboxylic acids is 1. The van der Waals surface area contributed by atoms with Gasteiger partial charge in [-0.05, 0) is 12.8 Å². The standard InChI is InChI=1S/C14H28N2O5Si/c1-5-7-13(14(17)18)16-10-9-15(12-16)8-6-11-22(19-2,20-3)21-4/h12-13H,5-11H2,1-4H3/p+1. The van der Waals surface area contributed by atoms with Crippen molar-refractivity contribution in [3.8, 4) is 0 Å². The number of carbonyl (C=O) groups is 1. The first kappa shape index (κ1) is 19.1. The van der Waals surface area contributed by atoms with Crippen molar-refractivity contribution in [2.75, 3.05) is 41.0 Å². The van der Waals surface area contributed by atoms with E-state index in [0.717, 1.165) is 38.5 Å². The Kier molecular flexibility index (Phi) is 8.01. The molecule has 7 nitrogen and oxygen atoms in total. The largest absolute Gasteiger partial charge is 0.500 e. The molecule has 0 fully saturated rings. The Morgan fingerprint density at radius 3 is 2.50 bits per heavy atom. The van der Waals surface area contributed by atoms with Crippen molar-refractivity contribution in [2.45, 2.75) is 38.3 Å². The molecular weight excluding hydrogens is 304 g/mol. The molecule has 1 aliphatic rings. The Labute approximate surface area is 133 Å². The van der Waals surface area contributed by atoms with Gasteiger partial charge in [0.05, 0.1) is 6.54 Å². The minimum atomic E-state index is -2.51. The molecule has 1 rings (SSSR count). The normalized spacial score (nSPS) is 16.7. The highest BCUT2D eigenvalue weighted by Gasteiger charge is 2.38. The number of hydrogen-bond acceptors (Lipinski definition) is 5. The van der Waals surface area contributed by atoms with E-state index in [-0.39, 0.29) is 0 Å². The monoisotopic (exact) mass is 333 g/mol. The third-order valence-corrected chi connectivity index (χ3v) is 6.90. The Hall–Kier alpha value is -0.963. The van der Waals surface area contributed by atoms with Gasteiger partial charge in [-0.15, -0.1) is 0 Å². The summed E-state index contributed by atoms with van der Waals surface area (Å²) in [6.07, 6.45) is 4.37. The van der Waals surface area contributed by atoms with Crippen molar-refractivity contribution in [3.05, 3.63) is 0 Å². The molecule has 0 spiro atoms. The lowest BCUT2D eigenvalue weighted by molar-refractivity contribution is -0.542. The molecule has 0 aromatic heterocycles. The van der Waals surface area contributed by atoms with Crippen LogP contribution >= 0.6 is 0 Å². The quantitative estimate of drug-likeness (QED) is 0.447. The van der Waals surface area contributed by atoms with Gasteiger partial charge in [0.25, 0.3) is 0 Å². The molecule has 0 aliphatic carbocycles. The number of carboxylic acid groups (broad SMARTS) is 1. The van der Waals surface area contributed by atoms with Crippen LogP contribution in [0.4, 0.5) is 0 Å². The molecule has 1 heterocycles. The van der Waals surface area contributed by atoms with Crippen molar-refractivity contribution in [3.63, 3.8) is 0 Å². The molecule has 0 aromatic carbocycles. The highest BCUT2D eigenvalue weighted by molar-refractivity contribution is 6.60. The minimum absolute atomic E-state index is 0.416. The van der Waals surface area contributed by atoms with Gasteiger partial charge >= 0.3 is 14.8 Å². The van der Waals surface area contributed by atoms with Crippen LogP contribution in [0, 0.1) is 0 Å². The zero-order chi connectivity index (χ0) is 16.6. The van der Waals surface area contributed by atoms with Gasteiger partial charge in [-0.3, -0.25) is 9.48 Å². The van der Waals surface area contributed by atoms with E-state index in [1.54, 1.807) is 21.3 Å². The Morgan fingerprint density at radius 2 is 2.00 bits per heavy atom. The average Bonchev–Trinajstić information content (AvgIpc) is 2.98. The fraction of sp³-hybridized carbons (Fsp3) is 0.857. The average molecular weight is 333 g/mol. The van der Waals surface area contributed by atoms with Gasteiger partial charge in [-0.1, -0.05) is 13.3 Å². The first-order chi connectivity index (χ1) is 10.5. The van der Waals surface area contributed by atoms with Gasteiger partial charge in [0, 0.05) is 27.4 Å². The summed E-state index contributed by atoms with van der Waals surface area (Å²) in [6, 6.07) is 0.332. The molecule has 8 heteroatoms. The van der Waals surface area contributed by atoms with Crippen LogP contribution in [-0.2, 0) is 18.1 Å². The third-order valence-electron chi connectivity index (χ3n) is 4.07. The van der Waals surface area contributed by atoms with E-state index in [4.69, 9.17) is 13.3 Å². The van der Waals surface area contributed by atoms with Crippen LogP contribution < -0.4 is 0 Å². The lowest BCUT2D eigenvalue weighted by atomic mass is 10.1. The van der Waals surface area contributed by atoms with E-state index in [9.17, 15) is 9.90 Å². The lowest BCUT2D eigenvalue weighted by Crippen LogP contribution is -2.43. The lowest BCUT2D eigenvalue weighted by Gasteiger charge is -2.24. The van der Waals surface area contributed by atoms with Gasteiger partial charge in [-0.25, -0.2) is 4.79 Å². The molecule has 1 aliphatic heterocycles. The highest BCUT2D eigenvalue weighted by atomic mass is 28.4. The molecule has 22 heavy (non-hydrogen) atoms. The maximum atomic E-state index is 11.3. The van der Waals surface area contributed by atoms with Crippen molar-refractivity contribution < 1.29 is 27.8 Å². The van der Waals surface area contributed by atoms with E-state index in [2.05, 4.69) is 4.90 Å². The Bertz CT molecular complexity index is 379. The smallest absolute Gasteiger partial charge is 0.478 e. The second-order valence-corrected chi connectivity index (χ2v) is 8.52. The van der Waals surface area contributed by atoms with Crippen LogP contribution in [0.15, 0.2) is 0 Å². The van der Waals surface area contributed by atoms with Gasteiger partial charge in [-0.2, -0.15) is 0 Å². The zero-order valence-corrected chi connectivity index (χ0v) is 15.1. The van der Waals surface area contributed by atoms with Crippen LogP contribution in [0.2, 0.25) is 6.04 Å². The predicted octanol–water partition coefficient (Wildman–Crippen LogP) is 0.864. The summed E-state index contributed by atoms with van der Waals surface area (Å²) in [4.78, 5) is 13.5. The van der Waals surface area contributed by atoms with Gasteiger partial charge < -0.3 is 18.4 Å². The number of carboxylic acids is 1. The first-order valence-corrected chi connectivity index (χ1v) is 9.68. The Morgan fingerprint density at radius 1 is 1.36 bits per heavy atom. The number of hydrogen-bond donors (Lipinski definition) is 1. The van der Waals surface area contributed by atoms with Crippen LogP contribution in [0.5, 0.6) is 0 Å². The molecular formula is C14H29N2O5Si+. The van der Waals surface area contributed by atoms with Crippen molar-refractivity contribution in [1.82, 2.24) is 4.90 Å². The minimum Gasteiger partial charge on any atom is -0.478 e. The maximum absolute atomic E-state index is 11.3. The summed E-state index contributed by atoms with van der Waals surface area (Å²) in [6.45, 7) is 4.47. The Balaban J connectivity index is 2.50. The van der Waals surface area contributed by atoms with E-state index in [1.165, 1.54) is 0 Å². The summed E-state index contributed by atoms with van der Waals surface area (Å²) in [7, 11) is 2.34. The van der Waals surface area contributed by atoms with Crippen LogP contribution in [0.3, 0.4) is 0 Å². The number of rotatable bonds is 11. The predicted molar refractivity (Wildman–Crippen MR) is 85.3 cm³/mol. The molecule has 1 N–H and O–H groups in total. The summed E-state index contributed by atoms with van der Waals surface area (Å²) in [5.74, 6) is -0.746. The molecule has 0 aromatic rings. The van der Waals surface area contributed by atoms with Crippen LogP contribution in [0.1, 0.15) is 26.2 Å². The van der Waals surface area contributed by atoms with E-state index >= 15 is 0 Å². The van der Waals surface area contributed by atoms with Crippen molar-refractivity contribution >= 4 is 21.1 Å². The molecule has 0 saturated carbocycles. The summed E-state index contributed by atoms with van der Waals surface area (Å²) in [5, 5.41) is 9.31. The van der Waals surface area contributed by atoms with Crippen molar-refractivity contribution in [2.24, 2.45) is 0 Å². The van der Waals surface area contributed by atoms with Gasteiger partial charge in [0.15, 0.2) is 6.04 Å². The number of nitrogens with zero attached hydrogens (tertiary/aromatic N) is 2. The molecule has 1 unspecified atom stereocenters. The zero-order valence-electron chi connectivity index (χ0n) is 14.1. The fourth-order valence-electron chi connectivity index (χ4n) is 2.73. The van der Waals surface area contributed by atoms with E-state index < -0.39 is 20.8 Å². The van der Waals surface area contributed by atoms with Gasteiger partial charge in [0.1, 0.15) is 13.1 Å². The van der Waals surface area contributed by atoms with E-state index in [0.29, 0.717) is 6.42 Å². The summed E-state index contributed by atoms with van der Waals surface area (Å²) in [5.41, 5.74) is 0. The molecule has 128 valence electrons. The molecule has 1 atom stereocenters. The highest BCUT2D eigenvalue weighted by Crippen LogP contribution is 2.16. The first-order valence-electron chi connectivity index (χ1n) is 7.75. The summed E-state index contributed by atoms with van der Waals surface area (Å²) >= 11 is 0. The van der Waals surface area contributed by atoms with E-state index in [1.807, 2.05) is 17.8 Å². The molecule has 0 bridgehead atoms.